The van der Waals surface area contributed by atoms with Crippen molar-refractivity contribution >= 4 is 29.2 Å². The summed E-state index contributed by atoms with van der Waals surface area (Å²) < 4.78 is 7.77. The molecular weight excluding hydrogens is 277 g/mol. The topological polar surface area (TPSA) is 47.6 Å². The number of nitrogens with one attached hydrogen (secondary N) is 1. The minimum Gasteiger partial charge on any atom is -0.422 e. The van der Waals surface area contributed by atoms with E-state index in [1.165, 1.54) is 0 Å². The maximum atomic E-state index is 11.4. The first-order valence-electron chi connectivity index (χ1n) is 5.35. The lowest BCUT2D eigenvalue weighted by molar-refractivity contribution is -0.144. The number of esters is 1. The summed E-state index contributed by atoms with van der Waals surface area (Å²) in [5.74, 6) is -0.480. The van der Waals surface area contributed by atoms with Crippen molar-refractivity contribution in [3.63, 3.8) is 0 Å². The van der Waals surface area contributed by atoms with Crippen molar-refractivity contribution in [1.29, 1.82) is 0 Å². The average Bonchev–Trinajstić information content (AvgIpc) is 2.31. The van der Waals surface area contributed by atoms with Crippen molar-refractivity contribution in [2.75, 3.05) is 20.7 Å². The molecule has 102 valence electrons. The molecule has 0 bridgehead atoms. The lowest BCUT2D eigenvalue weighted by Crippen LogP contribution is -2.33. The fraction of sp³-hybridized carbons (Fsp3) is 0.417. The summed E-state index contributed by atoms with van der Waals surface area (Å²) in [5.41, 5.74) is 0. The second kappa shape index (κ2) is 9.16. The highest BCUT2D eigenvalue weighted by Gasteiger charge is 2.36. The van der Waals surface area contributed by atoms with Gasteiger partial charge in [0, 0.05) is 6.61 Å². The van der Waals surface area contributed by atoms with Crippen LogP contribution in [0.25, 0.3) is 0 Å². The summed E-state index contributed by atoms with van der Waals surface area (Å²) in [5, 5.41) is 2.75. The summed E-state index contributed by atoms with van der Waals surface area (Å²) in [4.78, 5) is 11.4. The van der Waals surface area contributed by atoms with Gasteiger partial charge < -0.3 is 14.8 Å². The highest BCUT2D eigenvalue weighted by Crippen LogP contribution is 2.25. The zero-order valence-electron chi connectivity index (χ0n) is 10.6. The van der Waals surface area contributed by atoms with Gasteiger partial charge in [0.15, 0.2) is 0 Å². The van der Waals surface area contributed by atoms with E-state index < -0.39 is 10.5 Å². The van der Waals surface area contributed by atoms with E-state index >= 15 is 0 Å². The van der Waals surface area contributed by atoms with Crippen LogP contribution in [0.3, 0.4) is 0 Å². The molecule has 18 heavy (non-hydrogen) atoms. The van der Waals surface area contributed by atoms with Crippen LogP contribution in [0.15, 0.2) is 30.3 Å². The minimum atomic E-state index is -1.95. The van der Waals surface area contributed by atoms with Crippen LogP contribution in [0.4, 0.5) is 0 Å². The van der Waals surface area contributed by atoms with E-state index in [1.807, 2.05) is 14.1 Å². The number of hydrogen-bond donors (Lipinski definition) is 1. The summed E-state index contributed by atoms with van der Waals surface area (Å²) in [6, 6.07) is 8.50. The van der Waals surface area contributed by atoms with Crippen LogP contribution in [-0.2, 0) is 9.53 Å². The Labute approximate surface area is 117 Å². The average molecular weight is 294 g/mol. The SMILES string of the molecule is CCOC(Cl)(Cl)C(=O)Oc1ccccc1.CNC. The second-order valence-corrected chi connectivity index (χ2v) is 4.41. The van der Waals surface area contributed by atoms with E-state index in [9.17, 15) is 4.79 Å². The minimum absolute atomic E-state index is 0.219. The van der Waals surface area contributed by atoms with Gasteiger partial charge in [-0.1, -0.05) is 41.4 Å². The third-order valence-corrected chi connectivity index (χ3v) is 2.04. The smallest absolute Gasteiger partial charge is 0.376 e. The van der Waals surface area contributed by atoms with Gasteiger partial charge in [-0.05, 0) is 33.2 Å². The van der Waals surface area contributed by atoms with Gasteiger partial charge in [-0.15, -0.1) is 0 Å². The van der Waals surface area contributed by atoms with Crippen LogP contribution in [-0.4, -0.2) is 31.2 Å². The molecule has 0 aliphatic carbocycles. The van der Waals surface area contributed by atoms with Gasteiger partial charge in [-0.25, -0.2) is 4.79 Å². The standard InChI is InChI=1S/C10H10Cl2O3.C2H7N/c1-2-14-10(11,12)9(13)15-8-6-4-3-5-7-8;1-3-2/h3-7H,2H2,1H3;3H,1-2H3. The first-order chi connectivity index (χ1) is 8.47. The van der Waals surface area contributed by atoms with Gasteiger partial charge in [-0.2, -0.15) is 0 Å². The van der Waals surface area contributed by atoms with Gasteiger partial charge in [0.1, 0.15) is 5.75 Å². The lowest BCUT2D eigenvalue weighted by Gasteiger charge is -2.16. The fourth-order valence-corrected chi connectivity index (χ4v) is 1.19. The predicted molar refractivity (Wildman–Crippen MR) is 73.1 cm³/mol. The molecule has 0 radical (unpaired) electrons. The Morgan fingerprint density at radius 3 is 2.22 bits per heavy atom. The predicted octanol–water partition coefficient (Wildman–Crippen LogP) is 2.60. The van der Waals surface area contributed by atoms with Crippen molar-refractivity contribution < 1.29 is 14.3 Å². The molecule has 0 saturated heterocycles. The largest absolute Gasteiger partial charge is 0.422 e. The van der Waals surface area contributed by atoms with E-state index in [4.69, 9.17) is 32.7 Å². The molecule has 0 fully saturated rings. The molecule has 1 rings (SSSR count). The Morgan fingerprint density at radius 2 is 1.78 bits per heavy atom. The van der Waals surface area contributed by atoms with Crippen LogP contribution >= 0.6 is 23.2 Å². The van der Waals surface area contributed by atoms with Gasteiger partial charge >= 0.3 is 10.5 Å². The van der Waals surface area contributed by atoms with Crippen molar-refractivity contribution in [1.82, 2.24) is 5.32 Å². The number of carbonyl (C=O) groups excluding carboxylic acids is 1. The summed E-state index contributed by atoms with van der Waals surface area (Å²) >= 11 is 11.2. The zero-order valence-corrected chi connectivity index (χ0v) is 12.1. The number of carbonyl (C=O) groups is 1. The number of halogens is 2. The van der Waals surface area contributed by atoms with E-state index in [0.717, 1.165) is 0 Å². The summed E-state index contributed by atoms with van der Waals surface area (Å²) in [6.45, 7) is 1.90. The zero-order chi connectivity index (χ0) is 14.0. The van der Waals surface area contributed by atoms with E-state index in [0.29, 0.717) is 5.75 Å². The molecule has 0 saturated carbocycles. The highest BCUT2D eigenvalue weighted by atomic mass is 35.5. The number of rotatable bonds is 4. The Bertz CT molecular complexity index is 344. The molecular formula is C12H17Cl2NO3. The molecule has 0 amide bonds. The number of benzene rings is 1. The lowest BCUT2D eigenvalue weighted by atomic mass is 10.3. The van der Waals surface area contributed by atoms with Crippen LogP contribution in [0, 0.1) is 0 Å². The van der Waals surface area contributed by atoms with Crippen LogP contribution in [0.1, 0.15) is 6.92 Å². The molecule has 1 aromatic carbocycles. The number of alkyl halides is 2. The Kier molecular flexibility index (Phi) is 8.75. The quantitative estimate of drug-likeness (QED) is 0.527. The molecule has 0 aromatic heterocycles. The summed E-state index contributed by atoms with van der Waals surface area (Å²) in [7, 11) is 3.75. The Balaban J connectivity index is 0.000000873. The van der Waals surface area contributed by atoms with Crippen molar-refractivity contribution in [2.45, 2.75) is 11.4 Å². The fourth-order valence-electron chi connectivity index (χ4n) is 0.895. The molecule has 0 spiro atoms. The van der Waals surface area contributed by atoms with Crippen LogP contribution in [0.2, 0.25) is 0 Å². The van der Waals surface area contributed by atoms with E-state index in [2.05, 4.69) is 5.32 Å². The first-order valence-corrected chi connectivity index (χ1v) is 6.11. The Hall–Kier alpha value is -0.810. The van der Waals surface area contributed by atoms with Crippen molar-refractivity contribution in [3.8, 4) is 5.75 Å². The van der Waals surface area contributed by atoms with Gasteiger partial charge in [0.2, 0.25) is 0 Å². The third kappa shape index (κ3) is 6.81. The normalized spacial score (nSPS) is 10.3. The molecule has 0 aliphatic rings. The molecule has 1 N–H and O–H groups in total. The Morgan fingerprint density at radius 1 is 1.28 bits per heavy atom. The van der Waals surface area contributed by atoms with Crippen molar-refractivity contribution in [2.24, 2.45) is 0 Å². The maximum absolute atomic E-state index is 11.4. The highest BCUT2D eigenvalue weighted by molar-refractivity contribution is 6.56. The number of para-hydroxylation sites is 1. The van der Waals surface area contributed by atoms with Crippen LogP contribution < -0.4 is 10.1 Å². The molecule has 0 atom stereocenters. The molecule has 1 aromatic rings. The van der Waals surface area contributed by atoms with Crippen molar-refractivity contribution in [3.05, 3.63) is 30.3 Å². The van der Waals surface area contributed by atoms with Gasteiger partial charge in [0.25, 0.3) is 0 Å². The van der Waals surface area contributed by atoms with E-state index in [-0.39, 0.29) is 6.61 Å². The molecule has 0 aliphatic heterocycles. The van der Waals surface area contributed by atoms with Gasteiger partial charge in [-0.3, -0.25) is 0 Å². The first kappa shape index (κ1) is 17.2. The number of hydrogen-bond acceptors (Lipinski definition) is 4. The van der Waals surface area contributed by atoms with Crippen LogP contribution in [0.5, 0.6) is 5.75 Å². The monoisotopic (exact) mass is 293 g/mol. The maximum Gasteiger partial charge on any atom is 0.376 e. The third-order valence-electron chi connectivity index (χ3n) is 1.52. The van der Waals surface area contributed by atoms with E-state index in [1.54, 1.807) is 37.3 Å². The molecule has 0 unspecified atom stereocenters. The molecule has 4 nitrogen and oxygen atoms in total. The van der Waals surface area contributed by atoms with Gasteiger partial charge in [0.05, 0.1) is 0 Å². The number of ether oxygens (including phenoxy) is 2. The molecule has 0 heterocycles. The second-order valence-electron chi connectivity index (χ2n) is 3.15. The summed E-state index contributed by atoms with van der Waals surface area (Å²) in [6.07, 6.45) is 0. The molecule has 6 heteroatoms.